The number of allylic oxidation sites excluding steroid dienone is 1. The predicted molar refractivity (Wildman–Crippen MR) is 67.4 cm³/mol. The van der Waals surface area contributed by atoms with Crippen molar-refractivity contribution in [3.05, 3.63) is 11.6 Å². The molecule has 1 heterocycles. The lowest BCUT2D eigenvalue weighted by molar-refractivity contribution is -0.0563. The van der Waals surface area contributed by atoms with Gasteiger partial charge in [0.25, 0.3) is 0 Å². The number of aliphatic hydroxyl groups is 1. The fourth-order valence-corrected chi connectivity index (χ4v) is 4.79. The average Bonchev–Trinajstić information content (AvgIpc) is 2.60. The van der Waals surface area contributed by atoms with Crippen LogP contribution < -0.4 is 0 Å². The predicted octanol–water partition coefficient (Wildman–Crippen LogP) is 3.11. The highest BCUT2D eigenvalue weighted by Gasteiger charge is 2.55. The molecule has 1 N–H and O–H groups in total. The van der Waals surface area contributed by atoms with Crippen molar-refractivity contribution in [3.8, 4) is 0 Å². The van der Waals surface area contributed by atoms with Crippen molar-refractivity contribution in [3.63, 3.8) is 0 Å². The second-order valence-corrected chi connectivity index (χ2v) is 7.08. The van der Waals surface area contributed by atoms with Gasteiger partial charge >= 0.3 is 0 Å². The van der Waals surface area contributed by atoms with Gasteiger partial charge in [0.15, 0.2) is 6.29 Å². The highest BCUT2D eigenvalue weighted by atomic mass is 16.6. The largest absolute Gasteiger partial charge is 0.364 e. The minimum Gasteiger partial charge on any atom is -0.364 e. The molecule has 1 aliphatic heterocycles. The Kier molecular flexibility index (Phi) is 2.47. The normalized spacial score (nSPS) is 48.2. The summed E-state index contributed by atoms with van der Waals surface area (Å²) in [4.78, 5) is 0. The van der Waals surface area contributed by atoms with Gasteiger partial charge in [-0.2, -0.15) is 0 Å². The summed E-state index contributed by atoms with van der Waals surface area (Å²) in [6, 6.07) is 0. The van der Waals surface area contributed by atoms with Crippen molar-refractivity contribution in [1.82, 2.24) is 0 Å². The molecule has 17 heavy (non-hydrogen) atoms. The summed E-state index contributed by atoms with van der Waals surface area (Å²) in [5.41, 5.74) is 1.94. The second kappa shape index (κ2) is 3.58. The molecule has 2 nitrogen and oxygen atoms in total. The molecular weight excluding hydrogens is 212 g/mol. The summed E-state index contributed by atoms with van der Waals surface area (Å²) in [6.07, 6.45) is 6.71. The van der Waals surface area contributed by atoms with Crippen molar-refractivity contribution in [1.29, 1.82) is 0 Å². The molecule has 0 aromatic rings. The van der Waals surface area contributed by atoms with Gasteiger partial charge < -0.3 is 9.84 Å². The molecule has 96 valence electrons. The third-order valence-corrected chi connectivity index (χ3v) is 5.77. The number of rotatable bonds is 0. The van der Waals surface area contributed by atoms with E-state index in [1.165, 1.54) is 24.8 Å². The van der Waals surface area contributed by atoms with Crippen LogP contribution in [-0.4, -0.2) is 18.0 Å². The molecule has 0 aromatic heterocycles. The summed E-state index contributed by atoms with van der Waals surface area (Å²) < 4.78 is 5.47. The molecule has 2 fully saturated rings. The SMILES string of the molecule is CC1(C)CCC[C@]2(C)[C@H]3COC(O)C3=CC[C@@H]12. The highest BCUT2D eigenvalue weighted by Crippen LogP contribution is 2.61. The Labute approximate surface area is 104 Å². The van der Waals surface area contributed by atoms with Crippen LogP contribution in [0.15, 0.2) is 11.6 Å². The lowest BCUT2D eigenvalue weighted by Gasteiger charge is -2.55. The third-order valence-electron chi connectivity index (χ3n) is 5.77. The molecular formula is C15H24O2. The Bertz CT molecular complexity index is 358. The molecule has 0 bridgehead atoms. The van der Waals surface area contributed by atoms with Gasteiger partial charge in [-0.3, -0.25) is 0 Å². The van der Waals surface area contributed by atoms with E-state index >= 15 is 0 Å². The van der Waals surface area contributed by atoms with Crippen LogP contribution in [0.4, 0.5) is 0 Å². The second-order valence-electron chi connectivity index (χ2n) is 7.08. The molecule has 2 heteroatoms. The minimum atomic E-state index is -0.622. The van der Waals surface area contributed by atoms with Crippen LogP contribution in [0.3, 0.4) is 0 Å². The molecule has 0 amide bonds. The maximum absolute atomic E-state index is 9.87. The van der Waals surface area contributed by atoms with Gasteiger partial charge in [0.2, 0.25) is 0 Å². The maximum Gasteiger partial charge on any atom is 0.177 e. The zero-order chi connectivity index (χ0) is 12.3. The van der Waals surface area contributed by atoms with Gasteiger partial charge in [-0.25, -0.2) is 0 Å². The van der Waals surface area contributed by atoms with Crippen LogP contribution in [-0.2, 0) is 4.74 Å². The van der Waals surface area contributed by atoms with E-state index in [1.807, 2.05) is 0 Å². The molecule has 1 unspecified atom stereocenters. The summed E-state index contributed by atoms with van der Waals surface area (Å²) in [6.45, 7) is 7.98. The Balaban J connectivity index is 2.00. The molecule has 3 rings (SSSR count). The van der Waals surface area contributed by atoms with Crippen molar-refractivity contribution >= 4 is 0 Å². The van der Waals surface area contributed by atoms with Gasteiger partial charge in [0.05, 0.1) is 6.61 Å². The lowest BCUT2D eigenvalue weighted by Crippen LogP contribution is -2.48. The number of fused-ring (bicyclic) bond motifs is 3. The van der Waals surface area contributed by atoms with Crippen molar-refractivity contribution < 1.29 is 9.84 Å². The first-order chi connectivity index (χ1) is 7.95. The number of ether oxygens (including phenoxy) is 1. The van der Waals surface area contributed by atoms with Crippen LogP contribution in [0.25, 0.3) is 0 Å². The number of hydrogen-bond acceptors (Lipinski definition) is 2. The first kappa shape index (κ1) is 11.7. The van der Waals surface area contributed by atoms with E-state index < -0.39 is 6.29 Å². The molecule has 2 aliphatic carbocycles. The quantitative estimate of drug-likeness (QED) is 0.655. The van der Waals surface area contributed by atoms with Crippen molar-refractivity contribution in [2.75, 3.05) is 6.61 Å². The Morgan fingerprint density at radius 3 is 2.82 bits per heavy atom. The van der Waals surface area contributed by atoms with Crippen LogP contribution >= 0.6 is 0 Å². The van der Waals surface area contributed by atoms with Gasteiger partial charge in [-0.15, -0.1) is 0 Å². The molecule has 3 aliphatic rings. The monoisotopic (exact) mass is 236 g/mol. The van der Waals surface area contributed by atoms with Crippen LogP contribution in [0.5, 0.6) is 0 Å². The topological polar surface area (TPSA) is 29.5 Å². The Hall–Kier alpha value is -0.340. The van der Waals surface area contributed by atoms with Crippen molar-refractivity contribution in [2.45, 2.75) is 52.7 Å². The molecule has 1 saturated heterocycles. The van der Waals surface area contributed by atoms with Crippen LogP contribution in [0.1, 0.15) is 46.5 Å². The molecule has 0 radical (unpaired) electrons. The zero-order valence-electron chi connectivity index (χ0n) is 11.2. The van der Waals surface area contributed by atoms with Gasteiger partial charge in [0, 0.05) is 5.92 Å². The van der Waals surface area contributed by atoms with Gasteiger partial charge in [-0.05, 0) is 41.6 Å². The number of hydrogen-bond donors (Lipinski definition) is 1. The van der Waals surface area contributed by atoms with E-state index in [4.69, 9.17) is 4.74 Å². The molecule has 1 saturated carbocycles. The fraction of sp³-hybridized carbons (Fsp3) is 0.867. The Morgan fingerprint density at radius 2 is 2.06 bits per heavy atom. The average molecular weight is 236 g/mol. The standard InChI is InChI=1S/C15H24O2/c1-14(2)7-4-8-15(3)11-9-17-13(16)10(11)5-6-12(14)15/h5,11-13,16H,4,6-9H2,1-3H3/t11-,12-,13?,15+/m0/s1. The molecule has 0 spiro atoms. The van der Waals surface area contributed by atoms with E-state index in [0.717, 1.165) is 18.9 Å². The van der Waals surface area contributed by atoms with Gasteiger partial charge in [0.1, 0.15) is 0 Å². The summed E-state index contributed by atoms with van der Waals surface area (Å²) >= 11 is 0. The highest BCUT2D eigenvalue weighted by molar-refractivity contribution is 5.24. The summed E-state index contributed by atoms with van der Waals surface area (Å²) in [5, 5.41) is 9.87. The first-order valence-corrected chi connectivity index (χ1v) is 6.95. The van der Waals surface area contributed by atoms with Crippen LogP contribution in [0.2, 0.25) is 0 Å². The van der Waals surface area contributed by atoms with E-state index in [0.29, 0.717) is 16.7 Å². The van der Waals surface area contributed by atoms with Crippen molar-refractivity contribution in [2.24, 2.45) is 22.7 Å². The van der Waals surface area contributed by atoms with E-state index in [-0.39, 0.29) is 0 Å². The smallest absolute Gasteiger partial charge is 0.177 e. The fourth-order valence-electron chi connectivity index (χ4n) is 4.79. The third kappa shape index (κ3) is 1.53. The number of aliphatic hydroxyl groups excluding tert-OH is 1. The first-order valence-electron chi connectivity index (χ1n) is 6.95. The summed E-state index contributed by atoms with van der Waals surface area (Å²) in [5.74, 6) is 1.20. The van der Waals surface area contributed by atoms with E-state index in [2.05, 4.69) is 26.8 Å². The lowest BCUT2D eigenvalue weighted by atomic mass is 9.49. The van der Waals surface area contributed by atoms with E-state index in [1.54, 1.807) is 0 Å². The maximum atomic E-state index is 9.87. The molecule has 4 atom stereocenters. The Morgan fingerprint density at radius 1 is 1.29 bits per heavy atom. The van der Waals surface area contributed by atoms with Gasteiger partial charge in [-0.1, -0.05) is 33.3 Å². The summed E-state index contributed by atoms with van der Waals surface area (Å²) in [7, 11) is 0. The minimum absolute atomic E-state index is 0.337. The zero-order valence-corrected chi connectivity index (χ0v) is 11.2. The van der Waals surface area contributed by atoms with E-state index in [9.17, 15) is 5.11 Å². The molecule has 0 aromatic carbocycles. The van der Waals surface area contributed by atoms with Crippen LogP contribution in [0, 0.1) is 22.7 Å².